The van der Waals surface area contributed by atoms with E-state index in [4.69, 9.17) is 5.14 Å². The molecule has 0 saturated carbocycles. The van der Waals surface area contributed by atoms with Crippen LogP contribution in [0.3, 0.4) is 0 Å². The first-order chi connectivity index (χ1) is 20.3. The number of carbonyl (C=O) groups is 5. The van der Waals surface area contributed by atoms with E-state index in [0.717, 1.165) is 9.13 Å². The number of aliphatic carboxylic acids is 2. The number of nitrogens with one attached hydrogen (secondary N) is 4. The largest absolute Gasteiger partial charge is 0.480 e. The fourth-order valence-corrected chi connectivity index (χ4v) is 4.89. The van der Waals surface area contributed by atoms with E-state index in [1.165, 1.54) is 12.1 Å². The standard InChI is InChI=1S/C27H34IN5O9S/c28-19-5-3-4-18(16-19)24(35)31-14-2-1-6-21(25(36)37)32-27(40)33-22(26(38)39)11-12-23(34)30-15-13-17-7-9-20(10-8-17)43(29,41)42/h3-5,7-10,16,21-22H,1-2,6,11-15H2,(H,30,34)(H,31,35)(H,36,37)(H,38,39)(H2,29,41,42)(H2,32,33,40)/t21-,22-/m0/s1. The maximum absolute atomic E-state index is 12.3. The third kappa shape index (κ3) is 13.4. The molecule has 0 aliphatic rings. The summed E-state index contributed by atoms with van der Waals surface area (Å²) in [5, 5.41) is 33.8. The minimum Gasteiger partial charge on any atom is -0.480 e. The molecule has 2 aromatic carbocycles. The minimum absolute atomic E-state index is 0.0365. The highest BCUT2D eigenvalue weighted by molar-refractivity contribution is 14.1. The van der Waals surface area contributed by atoms with Gasteiger partial charge in [-0.15, -0.1) is 0 Å². The molecule has 0 bridgehead atoms. The van der Waals surface area contributed by atoms with Crippen molar-refractivity contribution in [1.29, 1.82) is 0 Å². The lowest BCUT2D eigenvalue weighted by atomic mass is 10.1. The molecule has 0 unspecified atom stereocenters. The number of carboxylic acid groups (broad SMARTS) is 2. The molecule has 0 aromatic heterocycles. The van der Waals surface area contributed by atoms with E-state index in [-0.39, 0.29) is 36.6 Å². The predicted molar refractivity (Wildman–Crippen MR) is 164 cm³/mol. The zero-order chi connectivity index (χ0) is 32.0. The second kappa shape index (κ2) is 17.4. The van der Waals surface area contributed by atoms with Crippen molar-refractivity contribution in [3.05, 3.63) is 63.2 Å². The number of unbranched alkanes of at least 4 members (excludes halogenated alkanes) is 1. The number of benzene rings is 2. The monoisotopic (exact) mass is 731 g/mol. The van der Waals surface area contributed by atoms with Crippen LogP contribution in [0.15, 0.2) is 53.4 Å². The van der Waals surface area contributed by atoms with E-state index >= 15 is 0 Å². The fourth-order valence-electron chi connectivity index (χ4n) is 3.84. The summed E-state index contributed by atoms with van der Waals surface area (Å²) in [5.41, 5.74) is 1.25. The lowest BCUT2D eigenvalue weighted by molar-refractivity contribution is -0.139. The van der Waals surface area contributed by atoms with Crippen LogP contribution in [0, 0.1) is 3.57 Å². The second-order valence-corrected chi connectivity index (χ2v) is 12.3. The van der Waals surface area contributed by atoms with Gasteiger partial charge in [-0.1, -0.05) is 18.2 Å². The molecule has 2 aromatic rings. The van der Waals surface area contributed by atoms with Gasteiger partial charge in [-0.25, -0.2) is 27.9 Å². The quantitative estimate of drug-likeness (QED) is 0.0913. The smallest absolute Gasteiger partial charge is 0.326 e. The highest BCUT2D eigenvalue weighted by Gasteiger charge is 2.25. The summed E-state index contributed by atoms with van der Waals surface area (Å²) in [5.74, 6) is -3.42. The van der Waals surface area contributed by atoms with Gasteiger partial charge in [0.2, 0.25) is 15.9 Å². The molecule has 4 amide bonds. The molecule has 8 N–H and O–H groups in total. The molecule has 0 heterocycles. The van der Waals surface area contributed by atoms with Crippen molar-refractivity contribution < 1.29 is 42.6 Å². The highest BCUT2D eigenvalue weighted by atomic mass is 127. The number of rotatable bonds is 17. The molecule has 43 heavy (non-hydrogen) atoms. The van der Waals surface area contributed by atoms with Gasteiger partial charge in [0.1, 0.15) is 12.1 Å². The summed E-state index contributed by atoms with van der Waals surface area (Å²) in [7, 11) is -3.81. The molecule has 16 heteroatoms. The van der Waals surface area contributed by atoms with Gasteiger partial charge in [-0.05, 0) is 90.6 Å². The number of sulfonamides is 1. The number of primary sulfonamides is 1. The van der Waals surface area contributed by atoms with Crippen molar-refractivity contribution >= 4 is 62.4 Å². The average molecular weight is 732 g/mol. The normalized spacial score (nSPS) is 12.4. The number of carboxylic acids is 2. The predicted octanol–water partition coefficient (Wildman–Crippen LogP) is 1.18. The summed E-state index contributed by atoms with van der Waals surface area (Å²) in [6.07, 6.45) is 0.786. The maximum atomic E-state index is 12.3. The van der Waals surface area contributed by atoms with Gasteiger partial charge in [0.15, 0.2) is 0 Å². The Morgan fingerprint density at radius 2 is 1.47 bits per heavy atom. The number of hydrogen-bond acceptors (Lipinski definition) is 7. The number of amides is 4. The van der Waals surface area contributed by atoms with Crippen molar-refractivity contribution in [1.82, 2.24) is 21.3 Å². The maximum Gasteiger partial charge on any atom is 0.326 e. The average Bonchev–Trinajstić information content (AvgIpc) is 2.93. The lowest BCUT2D eigenvalue weighted by Gasteiger charge is -2.18. The summed E-state index contributed by atoms with van der Waals surface area (Å²) < 4.78 is 23.5. The van der Waals surface area contributed by atoms with E-state index in [9.17, 15) is 42.6 Å². The van der Waals surface area contributed by atoms with Gasteiger partial charge in [0.25, 0.3) is 5.91 Å². The molecule has 0 aliphatic carbocycles. The Morgan fingerprint density at radius 1 is 0.837 bits per heavy atom. The summed E-state index contributed by atoms with van der Waals surface area (Å²) >= 11 is 2.10. The minimum atomic E-state index is -3.81. The van der Waals surface area contributed by atoms with Gasteiger partial charge in [0, 0.05) is 28.6 Å². The van der Waals surface area contributed by atoms with Gasteiger partial charge >= 0.3 is 18.0 Å². The Balaban J connectivity index is 1.72. The zero-order valence-electron chi connectivity index (χ0n) is 23.0. The fraction of sp³-hybridized carbons (Fsp3) is 0.370. The van der Waals surface area contributed by atoms with Crippen LogP contribution >= 0.6 is 22.6 Å². The molecule has 2 rings (SSSR count). The molecule has 2 atom stereocenters. The first kappa shape index (κ1) is 35.4. The third-order valence-electron chi connectivity index (χ3n) is 6.15. The Hall–Kier alpha value is -3.77. The molecular formula is C27H34IN5O9S. The van der Waals surface area contributed by atoms with E-state index in [2.05, 4.69) is 43.9 Å². The highest BCUT2D eigenvalue weighted by Crippen LogP contribution is 2.10. The van der Waals surface area contributed by atoms with Gasteiger partial charge in [-0.2, -0.15) is 0 Å². The topological polar surface area (TPSA) is 234 Å². The number of hydrogen-bond donors (Lipinski definition) is 7. The van der Waals surface area contributed by atoms with Crippen LogP contribution in [0.4, 0.5) is 4.79 Å². The van der Waals surface area contributed by atoms with Crippen LogP contribution in [-0.4, -0.2) is 73.6 Å². The Kier molecular flexibility index (Phi) is 14.3. The first-order valence-electron chi connectivity index (χ1n) is 13.2. The molecular weight excluding hydrogens is 697 g/mol. The SMILES string of the molecule is NS(=O)(=O)c1ccc(CCNC(=O)CC[C@H](NC(=O)N[C@@H](CCCCNC(=O)c2cccc(I)c2)C(=O)O)C(=O)O)cc1. The number of halogens is 1. The summed E-state index contributed by atoms with van der Waals surface area (Å²) in [6.45, 7) is 0.506. The van der Waals surface area contributed by atoms with E-state index in [0.29, 0.717) is 31.4 Å². The Labute approximate surface area is 262 Å². The second-order valence-electron chi connectivity index (χ2n) is 9.49. The molecule has 0 radical (unpaired) electrons. The van der Waals surface area contributed by atoms with Crippen molar-refractivity contribution in [2.45, 2.75) is 55.5 Å². The number of carbonyl (C=O) groups excluding carboxylic acids is 3. The number of urea groups is 1. The van der Waals surface area contributed by atoms with Crippen LogP contribution in [-0.2, 0) is 30.8 Å². The van der Waals surface area contributed by atoms with E-state index < -0.39 is 46.0 Å². The van der Waals surface area contributed by atoms with Gasteiger partial charge in [-0.3, -0.25) is 9.59 Å². The van der Waals surface area contributed by atoms with Crippen LogP contribution in [0.5, 0.6) is 0 Å². The van der Waals surface area contributed by atoms with Gasteiger partial charge < -0.3 is 31.5 Å². The molecule has 0 fully saturated rings. The number of nitrogens with two attached hydrogens (primary N) is 1. The van der Waals surface area contributed by atoms with Crippen LogP contribution in [0.2, 0.25) is 0 Å². The molecule has 0 aliphatic heterocycles. The van der Waals surface area contributed by atoms with Crippen molar-refractivity contribution in [3.8, 4) is 0 Å². The first-order valence-corrected chi connectivity index (χ1v) is 15.8. The molecule has 14 nitrogen and oxygen atoms in total. The molecule has 234 valence electrons. The Bertz CT molecular complexity index is 1400. The lowest BCUT2D eigenvalue weighted by Crippen LogP contribution is -2.51. The zero-order valence-corrected chi connectivity index (χ0v) is 26.0. The summed E-state index contributed by atoms with van der Waals surface area (Å²) in [4.78, 5) is 59.9. The van der Waals surface area contributed by atoms with E-state index in [1.54, 1.807) is 30.3 Å². The van der Waals surface area contributed by atoms with Crippen molar-refractivity contribution in [2.75, 3.05) is 13.1 Å². The van der Waals surface area contributed by atoms with Crippen LogP contribution in [0.1, 0.15) is 48.0 Å². The van der Waals surface area contributed by atoms with Crippen LogP contribution < -0.4 is 26.4 Å². The van der Waals surface area contributed by atoms with Crippen molar-refractivity contribution in [3.63, 3.8) is 0 Å². The summed E-state index contributed by atoms with van der Waals surface area (Å²) in [6, 6.07) is 9.12. The van der Waals surface area contributed by atoms with E-state index in [1.807, 2.05) is 6.07 Å². The molecule has 0 spiro atoms. The van der Waals surface area contributed by atoms with Gasteiger partial charge in [0.05, 0.1) is 4.90 Å². The van der Waals surface area contributed by atoms with Crippen molar-refractivity contribution in [2.24, 2.45) is 5.14 Å². The van der Waals surface area contributed by atoms with Crippen LogP contribution in [0.25, 0.3) is 0 Å². The third-order valence-corrected chi connectivity index (χ3v) is 7.75. The Morgan fingerprint density at radius 3 is 2.05 bits per heavy atom. The molecule has 0 saturated heterocycles.